The Morgan fingerprint density at radius 1 is 0.340 bits per heavy atom. The summed E-state index contributed by atoms with van der Waals surface area (Å²) < 4.78 is 0. The Morgan fingerprint density at radius 2 is 0.872 bits per heavy atom. The van der Waals surface area contributed by atoms with E-state index in [2.05, 4.69) is 157 Å². The van der Waals surface area contributed by atoms with Crippen molar-refractivity contribution in [3.8, 4) is 33.4 Å². The number of fused-ring (bicyclic) bond motifs is 5. The molecule has 0 N–H and O–H groups in total. The molecule has 1 aliphatic rings. The highest BCUT2D eigenvalue weighted by atomic mass is 16.1. The number of rotatable bonds is 5. The van der Waals surface area contributed by atoms with E-state index in [1.807, 2.05) is 24.3 Å². The number of anilines is 3. The van der Waals surface area contributed by atoms with E-state index in [1.165, 1.54) is 27.5 Å². The molecular weight excluding hydrogens is 571 g/mol. The van der Waals surface area contributed by atoms with Crippen molar-refractivity contribution < 1.29 is 4.79 Å². The van der Waals surface area contributed by atoms with E-state index in [4.69, 9.17) is 0 Å². The first kappa shape index (κ1) is 27.1. The molecule has 8 aromatic carbocycles. The highest BCUT2D eigenvalue weighted by Gasteiger charge is 2.31. The molecule has 0 amide bonds. The predicted molar refractivity (Wildman–Crippen MR) is 196 cm³/mol. The SMILES string of the molecule is O=C1c2ccccc2-c2cccc(N(c3ccc(-c4ccc(-c5ccccc5)c5ccccc45)cc3)c3cccc4ccccc34)c21. The minimum Gasteiger partial charge on any atom is -0.309 e. The normalized spacial score (nSPS) is 11.9. The van der Waals surface area contributed by atoms with Gasteiger partial charge < -0.3 is 4.90 Å². The van der Waals surface area contributed by atoms with E-state index in [0.717, 1.165) is 55.7 Å². The van der Waals surface area contributed by atoms with Crippen molar-refractivity contribution in [3.05, 3.63) is 187 Å². The summed E-state index contributed by atoms with van der Waals surface area (Å²) in [5.74, 6) is 0.0676. The van der Waals surface area contributed by atoms with E-state index in [9.17, 15) is 4.79 Å². The van der Waals surface area contributed by atoms with Gasteiger partial charge in [0.15, 0.2) is 5.78 Å². The fourth-order valence-corrected chi connectivity index (χ4v) is 7.26. The van der Waals surface area contributed by atoms with E-state index < -0.39 is 0 Å². The van der Waals surface area contributed by atoms with Crippen LogP contribution in [0, 0.1) is 0 Å². The lowest BCUT2D eigenvalue weighted by atomic mass is 9.92. The molecule has 0 aliphatic heterocycles. The number of benzene rings is 8. The Labute approximate surface area is 273 Å². The molecule has 220 valence electrons. The lowest BCUT2D eigenvalue weighted by molar-refractivity contribution is 0.104. The van der Waals surface area contributed by atoms with E-state index in [1.54, 1.807) is 0 Å². The van der Waals surface area contributed by atoms with Crippen molar-refractivity contribution >= 4 is 44.4 Å². The van der Waals surface area contributed by atoms with Gasteiger partial charge in [-0.3, -0.25) is 4.79 Å². The predicted octanol–water partition coefficient (Wildman–Crippen LogP) is 12.0. The van der Waals surface area contributed by atoms with Crippen LogP contribution in [0.15, 0.2) is 176 Å². The lowest BCUT2D eigenvalue weighted by Gasteiger charge is -2.28. The maximum atomic E-state index is 14.0. The van der Waals surface area contributed by atoms with Crippen LogP contribution in [0.1, 0.15) is 15.9 Å². The number of carbonyl (C=O) groups is 1. The van der Waals surface area contributed by atoms with Gasteiger partial charge in [0.2, 0.25) is 0 Å². The topological polar surface area (TPSA) is 20.3 Å². The molecule has 0 atom stereocenters. The zero-order valence-corrected chi connectivity index (χ0v) is 25.6. The monoisotopic (exact) mass is 599 g/mol. The third-order valence-corrected chi connectivity index (χ3v) is 9.43. The maximum absolute atomic E-state index is 14.0. The van der Waals surface area contributed by atoms with Crippen LogP contribution in [0.3, 0.4) is 0 Å². The second-order valence-corrected chi connectivity index (χ2v) is 12.0. The van der Waals surface area contributed by atoms with Gasteiger partial charge in [0, 0.05) is 16.6 Å². The molecule has 0 bridgehead atoms. The van der Waals surface area contributed by atoms with Crippen LogP contribution in [0.25, 0.3) is 54.9 Å². The van der Waals surface area contributed by atoms with Crippen molar-refractivity contribution in [1.29, 1.82) is 0 Å². The Morgan fingerprint density at radius 3 is 1.62 bits per heavy atom. The lowest BCUT2D eigenvalue weighted by Crippen LogP contribution is -2.14. The molecule has 2 heteroatoms. The second-order valence-electron chi connectivity index (χ2n) is 12.0. The standard InChI is InChI=1S/C45H29NO/c47-45-41-20-9-8-19-39(41)40-21-11-23-43(44(40)45)46(42-22-10-15-31-14-4-5-16-36(31)42)33-26-24-32(25-27-33)35-29-28-34(30-12-2-1-3-13-30)37-17-6-7-18-38(35)37/h1-29H. The average molecular weight is 600 g/mol. The average Bonchev–Trinajstić information content (AvgIpc) is 3.44. The molecule has 0 spiro atoms. The molecule has 0 heterocycles. The summed E-state index contributed by atoms with van der Waals surface area (Å²) in [5, 5.41) is 4.73. The first-order valence-corrected chi connectivity index (χ1v) is 16.0. The van der Waals surface area contributed by atoms with Crippen LogP contribution in [0.2, 0.25) is 0 Å². The Hall–Kier alpha value is -6.25. The number of carbonyl (C=O) groups excluding carboxylic acids is 1. The molecule has 0 radical (unpaired) electrons. The van der Waals surface area contributed by atoms with E-state index >= 15 is 0 Å². The summed E-state index contributed by atoms with van der Waals surface area (Å²) in [7, 11) is 0. The van der Waals surface area contributed by atoms with Crippen molar-refractivity contribution in [3.63, 3.8) is 0 Å². The van der Waals surface area contributed by atoms with Gasteiger partial charge in [-0.15, -0.1) is 0 Å². The first-order valence-electron chi connectivity index (χ1n) is 16.0. The van der Waals surface area contributed by atoms with Crippen molar-refractivity contribution in [2.24, 2.45) is 0 Å². The largest absolute Gasteiger partial charge is 0.309 e. The molecule has 0 unspecified atom stereocenters. The fourth-order valence-electron chi connectivity index (χ4n) is 7.26. The van der Waals surface area contributed by atoms with Gasteiger partial charge in [-0.25, -0.2) is 0 Å². The Kier molecular flexibility index (Phi) is 6.33. The quantitative estimate of drug-likeness (QED) is 0.196. The van der Waals surface area contributed by atoms with Gasteiger partial charge in [0.25, 0.3) is 0 Å². The molecule has 0 aromatic heterocycles. The summed E-state index contributed by atoms with van der Waals surface area (Å²) in [6, 6.07) is 61.5. The van der Waals surface area contributed by atoms with Gasteiger partial charge in [0.05, 0.1) is 16.9 Å². The molecule has 1 aliphatic carbocycles. The van der Waals surface area contributed by atoms with Gasteiger partial charge in [-0.1, -0.05) is 152 Å². The first-order chi connectivity index (χ1) is 23.3. The Bertz CT molecular complexity index is 2470. The van der Waals surface area contributed by atoms with Crippen molar-refractivity contribution in [2.45, 2.75) is 0 Å². The van der Waals surface area contributed by atoms with Crippen LogP contribution in [0.5, 0.6) is 0 Å². The minimum atomic E-state index is 0.0676. The van der Waals surface area contributed by atoms with Crippen LogP contribution >= 0.6 is 0 Å². The Balaban J connectivity index is 1.22. The zero-order valence-electron chi connectivity index (χ0n) is 25.6. The number of hydrogen-bond donors (Lipinski definition) is 0. The summed E-state index contributed by atoms with van der Waals surface area (Å²) >= 11 is 0. The third kappa shape index (κ3) is 4.38. The molecule has 2 nitrogen and oxygen atoms in total. The molecule has 0 fully saturated rings. The maximum Gasteiger partial charge on any atom is 0.196 e. The molecular formula is C45H29NO. The molecule has 0 saturated carbocycles. The molecule has 9 rings (SSSR count). The summed E-state index contributed by atoms with van der Waals surface area (Å²) in [6.07, 6.45) is 0. The minimum absolute atomic E-state index is 0.0676. The van der Waals surface area contributed by atoms with Crippen LogP contribution in [-0.4, -0.2) is 5.78 Å². The highest BCUT2D eigenvalue weighted by molar-refractivity contribution is 6.25. The van der Waals surface area contributed by atoms with Gasteiger partial charge in [-0.05, 0) is 73.8 Å². The van der Waals surface area contributed by atoms with Crippen molar-refractivity contribution in [1.82, 2.24) is 0 Å². The van der Waals surface area contributed by atoms with Gasteiger partial charge in [0.1, 0.15) is 0 Å². The van der Waals surface area contributed by atoms with Gasteiger partial charge in [-0.2, -0.15) is 0 Å². The van der Waals surface area contributed by atoms with Crippen LogP contribution < -0.4 is 4.90 Å². The van der Waals surface area contributed by atoms with Gasteiger partial charge >= 0.3 is 0 Å². The second kappa shape index (κ2) is 11.0. The van der Waals surface area contributed by atoms with Crippen LogP contribution in [0.4, 0.5) is 17.1 Å². The summed E-state index contributed by atoms with van der Waals surface area (Å²) in [4.78, 5) is 16.3. The third-order valence-electron chi connectivity index (χ3n) is 9.43. The summed E-state index contributed by atoms with van der Waals surface area (Å²) in [6.45, 7) is 0. The highest BCUT2D eigenvalue weighted by Crippen LogP contribution is 2.47. The van der Waals surface area contributed by atoms with E-state index in [0.29, 0.717) is 0 Å². The van der Waals surface area contributed by atoms with Crippen molar-refractivity contribution in [2.75, 3.05) is 4.90 Å². The fraction of sp³-hybridized carbons (Fsp3) is 0. The van der Waals surface area contributed by atoms with Crippen LogP contribution in [-0.2, 0) is 0 Å². The number of nitrogens with zero attached hydrogens (tertiary/aromatic N) is 1. The van der Waals surface area contributed by atoms with E-state index in [-0.39, 0.29) is 5.78 Å². The number of ketones is 1. The molecule has 47 heavy (non-hydrogen) atoms. The molecule has 8 aromatic rings. The number of hydrogen-bond acceptors (Lipinski definition) is 2. The smallest absolute Gasteiger partial charge is 0.196 e. The molecule has 0 saturated heterocycles. The zero-order chi connectivity index (χ0) is 31.3. The summed E-state index contributed by atoms with van der Waals surface area (Å²) in [5.41, 5.74) is 11.2.